The van der Waals surface area contributed by atoms with E-state index >= 15 is 0 Å². The van der Waals surface area contributed by atoms with Gasteiger partial charge in [-0.15, -0.1) is 0 Å². The molecule has 2 amide bonds. The summed E-state index contributed by atoms with van der Waals surface area (Å²) in [6.45, 7) is 4.12. The van der Waals surface area contributed by atoms with Crippen LogP contribution >= 0.6 is 11.6 Å². The van der Waals surface area contributed by atoms with Gasteiger partial charge in [0.15, 0.2) is 0 Å². The molecule has 1 aliphatic heterocycles. The van der Waals surface area contributed by atoms with Crippen LogP contribution in [-0.4, -0.2) is 25.3 Å². The number of nitrogens with zero attached hydrogens (tertiary/aromatic N) is 4. The Labute approximate surface area is 224 Å². The summed E-state index contributed by atoms with van der Waals surface area (Å²) in [5.41, 5.74) is 5.75. The summed E-state index contributed by atoms with van der Waals surface area (Å²) in [5, 5.41) is 8.50. The Hall–Kier alpha value is -4.36. The van der Waals surface area contributed by atoms with E-state index in [0.29, 0.717) is 17.3 Å². The van der Waals surface area contributed by atoms with Gasteiger partial charge in [-0.2, -0.15) is 5.10 Å². The first kappa shape index (κ1) is 24.0. The molecule has 0 saturated carbocycles. The molecule has 6 rings (SSSR count). The number of nitrogens with one attached hydrogen (secondary N) is 1. The second-order valence-electron chi connectivity index (χ2n) is 9.36. The first-order valence-electron chi connectivity index (χ1n) is 12.3. The largest absolute Gasteiger partial charge is 0.322 e. The molecule has 2 aromatic heterocycles. The molecule has 1 atom stereocenters. The third kappa shape index (κ3) is 4.05. The fraction of sp³-hybridized carbons (Fsp3) is 0.133. The third-order valence-corrected chi connectivity index (χ3v) is 7.45. The van der Waals surface area contributed by atoms with Crippen LogP contribution in [0, 0.1) is 19.7 Å². The van der Waals surface area contributed by atoms with Gasteiger partial charge in [0.25, 0.3) is 0 Å². The van der Waals surface area contributed by atoms with E-state index in [1.54, 1.807) is 23.1 Å². The number of amides is 2. The van der Waals surface area contributed by atoms with E-state index in [-0.39, 0.29) is 11.8 Å². The van der Waals surface area contributed by atoms with Gasteiger partial charge >= 0.3 is 6.03 Å². The minimum absolute atomic E-state index is 0.294. The molecule has 0 aliphatic carbocycles. The number of para-hydroxylation sites is 1. The lowest BCUT2D eigenvalue weighted by molar-refractivity contribution is 0.194. The molecule has 5 aromatic rings. The van der Waals surface area contributed by atoms with E-state index in [0.717, 1.165) is 39.6 Å². The van der Waals surface area contributed by atoms with Crippen LogP contribution in [0.5, 0.6) is 0 Å². The monoisotopic (exact) mass is 525 g/mol. The second-order valence-corrected chi connectivity index (χ2v) is 9.77. The Morgan fingerprint density at radius 1 is 0.974 bits per heavy atom. The summed E-state index contributed by atoms with van der Waals surface area (Å²) in [6.07, 6.45) is 1.98. The Morgan fingerprint density at radius 2 is 1.74 bits per heavy atom. The molecule has 1 N–H and O–H groups in total. The van der Waals surface area contributed by atoms with Gasteiger partial charge in [0.1, 0.15) is 11.6 Å². The van der Waals surface area contributed by atoms with Gasteiger partial charge in [-0.3, -0.25) is 0 Å². The zero-order chi connectivity index (χ0) is 26.4. The van der Waals surface area contributed by atoms with Gasteiger partial charge in [0.2, 0.25) is 0 Å². The first-order chi connectivity index (χ1) is 18.4. The molecule has 3 aromatic carbocycles. The average Bonchev–Trinajstić information content (AvgIpc) is 3.48. The summed E-state index contributed by atoms with van der Waals surface area (Å²) in [5.74, 6) is 0.539. The van der Waals surface area contributed by atoms with E-state index in [2.05, 4.69) is 9.88 Å². The van der Waals surface area contributed by atoms with E-state index in [1.165, 1.54) is 12.1 Å². The number of urea groups is 1. The predicted molar refractivity (Wildman–Crippen MR) is 147 cm³/mol. The number of benzene rings is 3. The Morgan fingerprint density at radius 3 is 2.50 bits per heavy atom. The number of fused-ring (bicyclic) bond motifs is 3. The average molecular weight is 526 g/mol. The Kier molecular flexibility index (Phi) is 6.00. The molecule has 0 bridgehead atoms. The second kappa shape index (κ2) is 9.50. The normalized spacial score (nSPS) is 14.5. The maximum atomic E-state index is 14.0. The fourth-order valence-corrected chi connectivity index (χ4v) is 5.25. The van der Waals surface area contributed by atoms with Gasteiger partial charge in [-0.25, -0.2) is 13.9 Å². The van der Waals surface area contributed by atoms with Crippen LogP contribution in [0.1, 0.15) is 34.1 Å². The quantitative estimate of drug-likeness (QED) is 0.270. The van der Waals surface area contributed by atoms with Crippen LogP contribution in [-0.2, 0) is 6.54 Å². The molecule has 1 aliphatic rings. The molecular weight excluding hydrogens is 501 g/mol. The van der Waals surface area contributed by atoms with Gasteiger partial charge in [-0.1, -0.05) is 48.0 Å². The van der Waals surface area contributed by atoms with Crippen molar-refractivity contribution in [2.75, 3.05) is 5.32 Å². The lowest BCUT2D eigenvalue weighted by atomic mass is 10.0. The van der Waals surface area contributed by atoms with Crippen molar-refractivity contribution in [3.8, 4) is 11.5 Å². The molecule has 38 heavy (non-hydrogen) atoms. The van der Waals surface area contributed by atoms with Crippen LogP contribution in [0.25, 0.3) is 11.5 Å². The minimum atomic E-state index is -0.485. The summed E-state index contributed by atoms with van der Waals surface area (Å²) in [6, 6.07) is 24.8. The summed E-state index contributed by atoms with van der Waals surface area (Å²) < 4.78 is 17.9. The van der Waals surface area contributed by atoms with Gasteiger partial charge in [0.05, 0.1) is 29.7 Å². The highest BCUT2D eigenvalue weighted by atomic mass is 35.5. The van der Waals surface area contributed by atoms with E-state index < -0.39 is 6.04 Å². The Balaban J connectivity index is 1.54. The smallest absolute Gasteiger partial charge is 0.307 e. The number of aryl methyl sites for hydroxylation is 1. The fourth-order valence-electron chi connectivity index (χ4n) is 5.07. The van der Waals surface area contributed by atoms with Crippen molar-refractivity contribution in [1.29, 1.82) is 0 Å². The van der Waals surface area contributed by atoms with Crippen molar-refractivity contribution in [1.82, 2.24) is 19.2 Å². The van der Waals surface area contributed by atoms with Crippen molar-refractivity contribution >= 4 is 23.3 Å². The molecular formula is C30H25ClFN5O. The number of anilines is 1. The van der Waals surface area contributed by atoms with Crippen molar-refractivity contribution < 1.29 is 9.18 Å². The predicted octanol–water partition coefficient (Wildman–Crippen LogP) is 7.21. The number of hydrogen-bond donors (Lipinski definition) is 1. The number of hydrogen-bond acceptors (Lipinski definition) is 2. The van der Waals surface area contributed by atoms with Gasteiger partial charge in [-0.05, 0) is 73.5 Å². The van der Waals surface area contributed by atoms with E-state index in [9.17, 15) is 9.18 Å². The number of halogens is 2. The molecule has 190 valence electrons. The molecule has 0 unspecified atom stereocenters. The van der Waals surface area contributed by atoms with E-state index in [4.69, 9.17) is 16.7 Å². The lowest BCUT2D eigenvalue weighted by Gasteiger charge is -2.31. The highest BCUT2D eigenvalue weighted by Crippen LogP contribution is 2.39. The van der Waals surface area contributed by atoms with Crippen LogP contribution in [0.4, 0.5) is 14.9 Å². The minimum Gasteiger partial charge on any atom is -0.307 e. The van der Waals surface area contributed by atoms with Crippen LogP contribution in [0.2, 0.25) is 5.02 Å². The third-order valence-electron chi connectivity index (χ3n) is 7.04. The number of carbonyl (C=O) groups excluding carboxylic acids is 1. The number of carbonyl (C=O) groups is 1. The Bertz CT molecular complexity index is 1640. The van der Waals surface area contributed by atoms with Gasteiger partial charge in [0, 0.05) is 22.5 Å². The highest BCUT2D eigenvalue weighted by Gasteiger charge is 2.36. The maximum Gasteiger partial charge on any atom is 0.322 e. The molecule has 8 heteroatoms. The standard InChI is InChI=1S/C30H25ClFN5O/c1-19-25(31)10-6-11-26(19)33-30(38)36-18-24-20(2)34-37(23-8-4-3-5-9-23)29(24)35-17-7-12-27(35)28(36)21-13-15-22(32)16-14-21/h3-17,28H,18H2,1-2H3,(H,33,38)/t28-/m0/s1. The molecule has 0 radical (unpaired) electrons. The zero-order valence-corrected chi connectivity index (χ0v) is 21.7. The van der Waals surface area contributed by atoms with Gasteiger partial charge < -0.3 is 14.8 Å². The maximum absolute atomic E-state index is 14.0. The first-order valence-corrected chi connectivity index (χ1v) is 12.7. The molecule has 6 nitrogen and oxygen atoms in total. The zero-order valence-electron chi connectivity index (χ0n) is 20.9. The number of rotatable bonds is 3. The van der Waals surface area contributed by atoms with Crippen LogP contribution in [0.15, 0.2) is 91.1 Å². The van der Waals surface area contributed by atoms with Crippen molar-refractivity contribution in [3.05, 3.63) is 130 Å². The van der Waals surface area contributed by atoms with Crippen LogP contribution in [0.3, 0.4) is 0 Å². The number of aromatic nitrogens is 3. The lowest BCUT2D eigenvalue weighted by Crippen LogP contribution is -2.38. The van der Waals surface area contributed by atoms with Crippen LogP contribution < -0.4 is 5.32 Å². The molecule has 3 heterocycles. The highest BCUT2D eigenvalue weighted by molar-refractivity contribution is 6.31. The summed E-state index contributed by atoms with van der Waals surface area (Å²) in [7, 11) is 0. The topological polar surface area (TPSA) is 55.1 Å². The molecule has 0 spiro atoms. The molecule has 0 fully saturated rings. The van der Waals surface area contributed by atoms with E-state index in [1.807, 2.05) is 79.3 Å². The van der Waals surface area contributed by atoms with Crippen molar-refractivity contribution in [2.24, 2.45) is 0 Å². The molecule has 0 saturated heterocycles. The van der Waals surface area contributed by atoms with Crippen molar-refractivity contribution in [2.45, 2.75) is 26.4 Å². The summed E-state index contributed by atoms with van der Waals surface area (Å²) in [4.78, 5) is 15.8. The van der Waals surface area contributed by atoms with Crippen molar-refractivity contribution in [3.63, 3.8) is 0 Å². The SMILES string of the molecule is Cc1nn(-c2ccccc2)c2c1CN(C(=O)Nc1cccc(Cl)c1C)[C@@H](c1ccc(F)cc1)c1cccn1-2. The summed E-state index contributed by atoms with van der Waals surface area (Å²) >= 11 is 6.33.